The molecule has 0 saturated heterocycles. The monoisotopic (exact) mass is 732 g/mol. The maximum absolute atomic E-state index is 2.51. The largest absolute Gasteiger partial charge is 0.140 e. The number of thiophene rings is 1. The average molecular weight is 733 g/mol. The van der Waals surface area contributed by atoms with Gasteiger partial charge in [-0.2, -0.15) is 0 Å². The second kappa shape index (κ2) is 12.4. The molecule has 1 heterocycles. The maximum atomic E-state index is 2.51. The third-order valence-corrected chi connectivity index (χ3v) is 13.6. The molecule has 0 unspecified atom stereocenters. The first kappa shape index (κ1) is 33.1. The summed E-state index contributed by atoms with van der Waals surface area (Å²) in [6, 6.07) is 59.5. The van der Waals surface area contributed by atoms with E-state index in [0.717, 1.165) is 0 Å². The summed E-state index contributed by atoms with van der Waals surface area (Å²) in [6.07, 6.45) is 4.42. The van der Waals surface area contributed by atoms with Crippen LogP contribution in [-0.4, -0.2) is 0 Å². The molecule has 11 rings (SSSR count). The van der Waals surface area contributed by atoms with E-state index in [-0.39, 0.29) is 5.41 Å². The molecular formula is C55H40S. The van der Waals surface area contributed by atoms with Gasteiger partial charge in [-0.15, -0.1) is 11.3 Å². The van der Waals surface area contributed by atoms with Crippen LogP contribution in [0.25, 0.3) is 104 Å². The number of rotatable bonds is 4. The van der Waals surface area contributed by atoms with Crippen LogP contribution in [0.4, 0.5) is 0 Å². The van der Waals surface area contributed by atoms with Crippen molar-refractivity contribution < 1.29 is 0 Å². The molecule has 1 heteroatoms. The van der Waals surface area contributed by atoms with Gasteiger partial charge in [-0.05, 0) is 142 Å². The van der Waals surface area contributed by atoms with E-state index >= 15 is 0 Å². The number of fused-ring (bicyclic) bond motifs is 9. The van der Waals surface area contributed by atoms with Crippen LogP contribution in [0.15, 0.2) is 164 Å². The third-order valence-electron chi connectivity index (χ3n) is 12.5. The van der Waals surface area contributed by atoms with Crippen molar-refractivity contribution in [3.05, 3.63) is 185 Å². The molecule has 0 N–H and O–H groups in total. The molecule has 0 amide bonds. The minimum absolute atomic E-state index is 0.140. The normalized spacial score (nSPS) is 13.4. The van der Waals surface area contributed by atoms with Crippen LogP contribution < -0.4 is 0 Å². The molecule has 56 heavy (non-hydrogen) atoms. The molecule has 0 bridgehead atoms. The van der Waals surface area contributed by atoms with Crippen molar-refractivity contribution in [1.29, 1.82) is 0 Å². The van der Waals surface area contributed by atoms with Gasteiger partial charge >= 0.3 is 0 Å². The van der Waals surface area contributed by atoms with Crippen molar-refractivity contribution in [1.82, 2.24) is 0 Å². The smallest absolute Gasteiger partial charge is 0.0358 e. The zero-order chi connectivity index (χ0) is 37.7. The Morgan fingerprint density at radius 2 is 1.07 bits per heavy atom. The van der Waals surface area contributed by atoms with E-state index in [0.29, 0.717) is 0 Å². The Hall–Kier alpha value is -6.28. The quantitative estimate of drug-likeness (QED) is 0.158. The second-order valence-corrected chi connectivity index (χ2v) is 17.2. The van der Waals surface area contributed by atoms with Gasteiger partial charge in [0.1, 0.15) is 0 Å². The predicted octanol–water partition coefficient (Wildman–Crippen LogP) is 16.2. The number of aryl methyl sites for hydroxylation is 1. The van der Waals surface area contributed by atoms with Gasteiger partial charge in [0.25, 0.3) is 0 Å². The van der Waals surface area contributed by atoms with Crippen molar-refractivity contribution in [2.75, 3.05) is 0 Å². The zero-order valence-corrected chi connectivity index (χ0v) is 32.9. The molecule has 9 aromatic carbocycles. The lowest BCUT2D eigenvalue weighted by Gasteiger charge is -2.23. The molecular weight excluding hydrogens is 693 g/mol. The molecule has 1 aromatic heterocycles. The van der Waals surface area contributed by atoms with E-state index in [1.54, 1.807) is 0 Å². The summed E-state index contributed by atoms with van der Waals surface area (Å²) in [7, 11) is 0. The van der Waals surface area contributed by atoms with Crippen LogP contribution >= 0.6 is 11.3 Å². The molecule has 266 valence electrons. The average Bonchev–Trinajstić information content (AvgIpc) is 3.66. The number of hydrogen-bond donors (Lipinski definition) is 0. The first-order valence-electron chi connectivity index (χ1n) is 19.7. The van der Waals surface area contributed by atoms with Crippen LogP contribution in [0.5, 0.6) is 0 Å². The highest BCUT2D eigenvalue weighted by Gasteiger charge is 2.37. The van der Waals surface area contributed by atoms with Gasteiger partial charge in [-0.3, -0.25) is 0 Å². The summed E-state index contributed by atoms with van der Waals surface area (Å²) >= 11 is 1.91. The van der Waals surface area contributed by atoms with Gasteiger partial charge in [0.2, 0.25) is 0 Å². The molecule has 0 radical (unpaired) electrons. The van der Waals surface area contributed by atoms with Crippen molar-refractivity contribution in [3.8, 4) is 44.5 Å². The Kier molecular flexibility index (Phi) is 7.31. The third kappa shape index (κ3) is 4.77. The molecule has 10 aromatic rings. The molecule has 0 aliphatic heterocycles. The summed E-state index contributed by atoms with van der Waals surface area (Å²) in [6.45, 7) is 9.18. The van der Waals surface area contributed by atoms with E-state index in [9.17, 15) is 0 Å². The molecule has 0 atom stereocenters. The molecule has 0 spiro atoms. The predicted molar refractivity (Wildman–Crippen MR) is 245 cm³/mol. The Morgan fingerprint density at radius 3 is 1.79 bits per heavy atom. The van der Waals surface area contributed by atoms with Crippen LogP contribution in [0.2, 0.25) is 0 Å². The summed E-state index contributed by atoms with van der Waals surface area (Å²) < 4.78 is 1.36. The van der Waals surface area contributed by atoms with Crippen LogP contribution in [0.3, 0.4) is 0 Å². The fourth-order valence-electron chi connectivity index (χ4n) is 9.89. The fraction of sp³-hybridized carbons (Fsp3) is 0.0909. The van der Waals surface area contributed by atoms with Crippen molar-refractivity contribution >= 4 is 70.6 Å². The summed E-state index contributed by atoms with van der Waals surface area (Å²) in [5.74, 6) is 0. The van der Waals surface area contributed by atoms with Crippen LogP contribution in [0, 0.1) is 6.92 Å². The van der Waals surface area contributed by atoms with E-state index in [4.69, 9.17) is 0 Å². The zero-order valence-electron chi connectivity index (χ0n) is 32.1. The summed E-state index contributed by atoms with van der Waals surface area (Å²) in [4.78, 5) is 1.37. The van der Waals surface area contributed by atoms with Gasteiger partial charge < -0.3 is 0 Å². The first-order chi connectivity index (χ1) is 27.4. The topological polar surface area (TPSA) is 0 Å². The Morgan fingerprint density at radius 1 is 0.446 bits per heavy atom. The van der Waals surface area contributed by atoms with E-state index in [2.05, 4.69) is 198 Å². The first-order valence-corrected chi connectivity index (χ1v) is 20.5. The highest BCUT2D eigenvalue weighted by Crippen LogP contribution is 2.54. The number of allylic oxidation sites excluding steroid dienone is 1. The standard InChI is InChI=1S/C55H40S/c1-5-14-39-33(2)56-51-32-47-36(30-48(39)51)26-28-49-54(47)46-27-25-38(31-50(46)55(49,3)4)53-44-22-10-8-20-42(44)52(43-21-9-11-23-45(43)53)37-18-12-17-35(29-37)41-24-13-16-34-15-6-7-19-40(34)41/h5-32H,1-4H3/b14-5-. The van der Waals surface area contributed by atoms with Gasteiger partial charge in [0.05, 0.1) is 0 Å². The molecule has 1 aliphatic carbocycles. The maximum Gasteiger partial charge on any atom is 0.0358 e. The van der Waals surface area contributed by atoms with E-state index in [1.165, 1.54) is 119 Å². The van der Waals surface area contributed by atoms with Crippen molar-refractivity contribution in [2.24, 2.45) is 0 Å². The Balaban J connectivity index is 1.11. The second-order valence-electron chi connectivity index (χ2n) is 16.0. The number of hydrogen-bond acceptors (Lipinski definition) is 1. The van der Waals surface area contributed by atoms with Gasteiger partial charge in [-0.25, -0.2) is 0 Å². The van der Waals surface area contributed by atoms with E-state index in [1.807, 2.05) is 11.3 Å². The molecule has 0 nitrogen and oxygen atoms in total. The Bertz CT molecular complexity index is 3230. The van der Waals surface area contributed by atoms with Crippen LogP contribution in [-0.2, 0) is 5.41 Å². The van der Waals surface area contributed by atoms with Gasteiger partial charge in [-0.1, -0.05) is 159 Å². The van der Waals surface area contributed by atoms with Crippen LogP contribution in [0.1, 0.15) is 42.3 Å². The SMILES string of the molecule is C/C=C\c1c(C)sc2cc3c4c(ccc3cc12)C(C)(C)c1cc(-c2c3ccccc3c(-c3cccc(-c5cccc6ccccc56)c3)c3ccccc23)ccc1-4. The lowest BCUT2D eigenvalue weighted by Crippen LogP contribution is -2.15. The minimum atomic E-state index is -0.140. The summed E-state index contributed by atoms with van der Waals surface area (Å²) in [5.41, 5.74) is 14.4. The highest BCUT2D eigenvalue weighted by molar-refractivity contribution is 7.19. The minimum Gasteiger partial charge on any atom is -0.140 e. The lowest BCUT2D eigenvalue weighted by atomic mass is 9.80. The summed E-state index contributed by atoms with van der Waals surface area (Å²) in [5, 5.41) is 11.7. The van der Waals surface area contributed by atoms with Crippen molar-refractivity contribution in [3.63, 3.8) is 0 Å². The van der Waals surface area contributed by atoms with Gasteiger partial charge in [0.15, 0.2) is 0 Å². The molecule has 0 saturated carbocycles. The number of benzene rings is 9. The van der Waals surface area contributed by atoms with E-state index < -0.39 is 0 Å². The fourth-order valence-corrected chi connectivity index (χ4v) is 11.0. The van der Waals surface area contributed by atoms with Crippen molar-refractivity contribution in [2.45, 2.75) is 33.1 Å². The Labute approximate surface area is 332 Å². The van der Waals surface area contributed by atoms with Gasteiger partial charge in [0, 0.05) is 20.4 Å². The molecule has 0 fully saturated rings. The lowest BCUT2D eigenvalue weighted by molar-refractivity contribution is 0.661. The molecule has 1 aliphatic rings. The highest BCUT2D eigenvalue weighted by atomic mass is 32.1.